The number of para-hydroxylation sites is 1. The number of allylic oxidation sites excluding steroid dienone is 1. The molecular formula is C19H20N4OS2. The number of nitrogens with one attached hydrogen (secondary N) is 1. The first-order valence-electron chi connectivity index (χ1n) is 8.17. The Morgan fingerprint density at radius 2 is 2.04 bits per heavy atom. The zero-order valence-electron chi connectivity index (χ0n) is 14.7. The largest absolute Gasteiger partial charge is 0.325 e. The average Bonchev–Trinajstić information content (AvgIpc) is 3.26. The van der Waals surface area contributed by atoms with Crippen molar-refractivity contribution in [3.05, 3.63) is 59.5 Å². The number of aromatic nitrogens is 3. The van der Waals surface area contributed by atoms with Crippen molar-refractivity contribution in [2.45, 2.75) is 25.5 Å². The summed E-state index contributed by atoms with van der Waals surface area (Å²) in [5.41, 5.74) is 2.99. The van der Waals surface area contributed by atoms with Gasteiger partial charge in [-0.2, -0.15) is 0 Å². The summed E-state index contributed by atoms with van der Waals surface area (Å²) in [7, 11) is 0. The van der Waals surface area contributed by atoms with Crippen LogP contribution in [0, 0.1) is 13.8 Å². The molecule has 26 heavy (non-hydrogen) atoms. The lowest BCUT2D eigenvalue weighted by molar-refractivity contribution is -0.113. The summed E-state index contributed by atoms with van der Waals surface area (Å²) in [6.45, 7) is 8.39. The minimum absolute atomic E-state index is 0.0572. The van der Waals surface area contributed by atoms with Crippen LogP contribution in [0.5, 0.6) is 0 Å². The van der Waals surface area contributed by atoms with Gasteiger partial charge in [-0.15, -0.1) is 28.1 Å². The van der Waals surface area contributed by atoms with E-state index in [-0.39, 0.29) is 11.7 Å². The third kappa shape index (κ3) is 4.05. The number of thioether (sulfide) groups is 1. The number of nitrogens with zero attached hydrogens (tertiary/aromatic N) is 3. The Morgan fingerprint density at radius 3 is 2.69 bits per heavy atom. The Kier molecular flexibility index (Phi) is 5.90. The maximum absolute atomic E-state index is 12.4. The van der Waals surface area contributed by atoms with Gasteiger partial charge in [-0.3, -0.25) is 9.36 Å². The first-order valence-corrected chi connectivity index (χ1v) is 10.0. The lowest BCUT2D eigenvalue weighted by atomic mass is 10.1. The number of carbonyl (C=O) groups is 1. The van der Waals surface area contributed by atoms with Gasteiger partial charge in [-0.1, -0.05) is 42.1 Å². The Morgan fingerprint density at radius 1 is 1.27 bits per heavy atom. The molecular weight excluding hydrogens is 364 g/mol. The van der Waals surface area contributed by atoms with E-state index in [1.807, 2.05) is 54.1 Å². The molecule has 3 rings (SSSR count). The molecule has 1 aromatic carbocycles. The van der Waals surface area contributed by atoms with Crippen molar-refractivity contribution in [1.29, 1.82) is 0 Å². The summed E-state index contributed by atoms with van der Waals surface area (Å²) in [6, 6.07) is 9.96. The van der Waals surface area contributed by atoms with Gasteiger partial charge in [0.1, 0.15) is 0 Å². The molecule has 7 heteroatoms. The van der Waals surface area contributed by atoms with Crippen LogP contribution in [0.2, 0.25) is 0 Å². The van der Waals surface area contributed by atoms with Crippen LogP contribution < -0.4 is 5.32 Å². The number of anilines is 1. The number of benzene rings is 1. The zero-order chi connectivity index (χ0) is 18.5. The van der Waals surface area contributed by atoms with Gasteiger partial charge in [0.05, 0.1) is 10.6 Å². The van der Waals surface area contributed by atoms with E-state index in [0.717, 1.165) is 27.5 Å². The average molecular weight is 385 g/mol. The molecule has 0 atom stereocenters. The van der Waals surface area contributed by atoms with Gasteiger partial charge in [0, 0.05) is 12.2 Å². The van der Waals surface area contributed by atoms with E-state index in [1.165, 1.54) is 11.8 Å². The molecule has 0 aliphatic rings. The minimum atomic E-state index is -0.0572. The van der Waals surface area contributed by atoms with Crippen molar-refractivity contribution in [2.24, 2.45) is 0 Å². The highest BCUT2D eigenvalue weighted by Gasteiger charge is 2.16. The van der Waals surface area contributed by atoms with Crippen LogP contribution in [0.4, 0.5) is 5.69 Å². The second-order valence-corrected chi connectivity index (χ2v) is 7.68. The van der Waals surface area contributed by atoms with Gasteiger partial charge in [-0.05, 0) is 36.4 Å². The van der Waals surface area contributed by atoms with Crippen molar-refractivity contribution in [2.75, 3.05) is 11.1 Å². The van der Waals surface area contributed by atoms with Gasteiger partial charge in [0.2, 0.25) is 5.91 Å². The van der Waals surface area contributed by atoms with Gasteiger partial charge in [0.15, 0.2) is 11.0 Å². The minimum Gasteiger partial charge on any atom is -0.325 e. The number of hydrogen-bond acceptors (Lipinski definition) is 5. The quantitative estimate of drug-likeness (QED) is 0.480. The molecule has 3 aromatic rings. The third-order valence-electron chi connectivity index (χ3n) is 3.85. The molecule has 1 N–H and O–H groups in total. The number of thiophene rings is 1. The van der Waals surface area contributed by atoms with E-state index in [9.17, 15) is 4.79 Å². The Balaban J connectivity index is 1.71. The van der Waals surface area contributed by atoms with Crippen molar-refractivity contribution >= 4 is 34.7 Å². The highest BCUT2D eigenvalue weighted by molar-refractivity contribution is 7.99. The Bertz CT molecular complexity index is 896. The van der Waals surface area contributed by atoms with Crippen LogP contribution in [0.3, 0.4) is 0 Å². The third-order valence-corrected chi connectivity index (χ3v) is 5.68. The Labute approximate surface area is 161 Å². The van der Waals surface area contributed by atoms with E-state index in [2.05, 4.69) is 22.1 Å². The fourth-order valence-corrected chi connectivity index (χ4v) is 4.06. The monoisotopic (exact) mass is 384 g/mol. The summed E-state index contributed by atoms with van der Waals surface area (Å²) < 4.78 is 1.98. The summed E-state index contributed by atoms with van der Waals surface area (Å²) >= 11 is 2.99. The highest BCUT2D eigenvalue weighted by Crippen LogP contribution is 2.27. The number of carbonyl (C=O) groups excluding carboxylic acids is 1. The lowest BCUT2D eigenvalue weighted by Gasteiger charge is -2.11. The number of rotatable bonds is 7. The first-order chi connectivity index (χ1) is 12.6. The second kappa shape index (κ2) is 8.33. The maximum Gasteiger partial charge on any atom is 0.234 e. The molecule has 5 nitrogen and oxygen atoms in total. The number of aryl methyl sites for hydroxylation is 2. The molecule has 0 bridgehead atoms. The van der Waals surface area contributed by atoms with Gasteiger partial charge in [0.25, 0.3) is 0 Å². The molecule has 1 amide bonds. The highest BCUT2D eigenvalue weighted by atomic mass is 32.2. The van der Waals surface area contributed by atoms with Crippen molar-refractivity contribution < 1.29 is 4.79 Å². The van der Waals surface area contributed by atoms with Gasteiger partial charge >= 0.3 is 0 Å². The molecule has 2 aromatic heterocycles. The zero-order valence-corrected chi connectivity index (χ0v) is 16.4. The molecule has 0 radical (unpaired) electrons. The van der Waals surface area contributed by atoms with Crippen molar-refractivity contribution in [1.82, 2.24) is 14.8 Å². The molecule has 0 aliphatic carbocycles. The van der Waals surface area contributed by atoms with Crippen molar-refractivity contribution in [3.63, 3.8) is 0 Å². The first kappa shape index (κ1) is 18.4. The van der Waals surface area contributed by atoms with Crippen LogP contribution in [-0.4, -0.2) is 26.4 Å². The molecule has 0 aliphatic heterocycles. The molecule has 134 valence electrons. The summed E-state index contributed by atoms with van der Waals surface area (Å²) in [4.78, 5) is 13.4. The summed E-state index contributed by atoms with van der Waals surface area (Å²) in [6.07, 6.45) is 1.81. The van der Waals surface area contributed by atoms with Gasteiger partial charge in [-0.25, -0.2) is 0 Å². The van der Waals surface area contributed by atoms with Gasteiger partial charge < -0.3 is 5.32 Å². The van der Waals surface area contributed by atoms with Crippen LogP contribution in [0.1, 0.15) is 11.1 Å². The topological polar surface area (TPSA) is 59.8 Å². The molecule has 0 fully saturated rings. The van der Waals surface area contributed by atoms with E-state index in [4.69, 9.17) is 0 Å². The van der Waals surface area contributed by atoms with Crippen LogP contribution >= 0.6 is 23.1 Å². The van der Waals surface area contributed by atoms with Crippen LogP contribution in [-0.2, 0) is 11.3 Å². The lowest BCUT2D eigenvalue weighted by Crippen LogP contribution is -2.16. The van der Waals surface area contributed by atoms with E-state index >= 15 is 0 Å². The van der Waals surface area contributed by atoms with Crippen LogP contribution in [0.15, 0.2) is 53.5 Å². The van der Waals surface area contributed by atoms with Crippen molar-refractivity contribution in [3.8, 4) is 10.7 Å². The number of amides is 1. The Hall–Kier alpha value is -2.38. The fraction of sp³-hybridized carbons (Fsp3) is 0.211. The molecule has 0 spiro atoms. The fourth-order valence-electron chi connectivity index (χ4n) is 2.59. The molecule has 2 heterocycles. The molecule has 0 unspecified atom stereocenters. The smallest absolute Gasteiger partial charge is 0.234 e. The summed E-state index contributed by atoms with van der Waals surface area (Å²) in [5.74, 6) is 1.02. The van der Waals surface area contributed by atoms with E-state index < -0.39 is 0 Å². The standard InChI is InChI=1S/C19H20N4OS2/c1-4-10-23-18(15-9-6-11-25-15)21-22-19(23)26-12-16(24)20-17-13(2)7-5-8-14(17)3/h4-9,11H,1,10,12H2,2-3H3,(H,20,24). The number of hydrogen-bond donors (Lipinski definition) is 1. The predicted molar refractivity (Wildman–Crippen MR) is 109 cm³/mol. The summed E-state index contributed by atoms with van der Waals surface area (Å²) in [5, 5.41) is 14.3. The van der Waals surface area contributed by atoms with E-state index in [1.54, 1.807) is 17.4 Å². The maximum atomic E-state index is 12.4. The SMILES string of the molecule is C=CCn1c(SCC(=O)Nc2c(C)cccc2C)nnc1-c1cccs1. The van der Waals surface area contributed by atoms with Crippen LogP contribution in [0.25, 0.3) is 10.7 Å². The molecule has 0 saturated heterocycles. The second-order valence-electron chi connectivity index (χ2n) is 5.79. The molecule has 0 saturated carbocycles. The predicted octanol–water partition coefficient (Wildman–Crippen LogP) is 4.54. The normalized spacial score (nSPS) is 10.7. The van der Waals surface area contributed by atoms with E-state index in [0.29, 0.717) is 11.7 Å².